The zero-order valence-electron chi connectivity index (χ0n) is 10.9. The van der Waals surface area contributed by atoms with E-state index in [-0.39, 0.29) is 5.38 Å². The number of pyridine rings is 1. The average molecular weight is 310 g/mol. The minimum Gasteiger partial charge on any atom is -0.469 e. The molecule has 104 valence electrons. The first-order chi connectivity index (χ1) is 9.65. The van der Waals surface area contributed by atoms with Crippen molar-refractivity contribution in [1.29, 1.82) is 0 Å². The second-order valence-electron chi connectivity index (χ2n) is 4.56. The zero-order chi connectivity index (χ0) is 14.1. The van der Waals surface area contributed by atoms with Gasteiger partial charge < -0.3 is 8.98 Å². The number of alkyl halides is 1. The fourth-order valence-electron chi connectivity index (χ4n) is 2.20. The molecule has 0 saturated heterocycles. The molecule has 1 unspecified atom stereocenters. The summed E-state index contributed by atoms with van der Waals surface area (Å²) in [7, 11) is 0. The Morgan fingerprint density at radius 3 is 3.00 bits per heavy atom. The van der Waals surface area contributed by atoms with Crippen LogP contribution in [-0.2, 0) is 13.0 Å². The quantitative estimate of drug-likeness (QED) is 0.678. The molecule has 3 aromatic rings. The Bertz CT molecular complexity index is 719. The van der Waals surface area contributed by atoms with Crippen molar-refractivity contribution < 1.29 is 4.42 Å². The number of aromatic nitrogens is 3. The molecule has 20 heavy (non-hydrogen) atoms. The normalized spacial score (nSPS) is 12.9. The number of aryl methyl sites for hydroxylation is 2. The number of fused-ring (bicyclic) bond motifs is 1. The number of furan rings is 1. The molecule has 0 saturated carbocycles. The largest absolute Gasteiger partial charge is 0.469 e. The van der Waals surface area contributed by atoms with Crippen molar-refractivity contribution in [2.45, 2.75) is 25.3 Å². The van der Waals surface area contributed by atoms with Gasteiger partial charge in [-0.25, -0.2) is 9.97 Å². The number of rotatable bonds is 4. The van der Waals surface area contributed by atoms with Crippen LogP contribution in [0.15, 0.2) is 35.1 Å². The van der Waals surface area contributed by atoms with E-state index < -0.39 is 0 Å². The number of hydrogen-bond donors (Lipinski definition) is 0. The molecule has 0 aliphatic carbocycles. The average Bonchev–Trinajstić information content (AvgIpc) is 3.02. The third kappa shape index (κ3) is 2.53. The standard InChI is InChI=1S/C14H13Cl2N3O/c1-9(15)13-18-12-7-10(16)8-17-14(12)19(13)5-4-11-3-2-6-20-11/h2-3,6-9H,4-5H2,1H3. The van der Waals surface area contributed by atoms with Gasteiger partial charge in [-0.1, -0.05) is 11.6 Å². The molecule has 3 rings (SSSR count). The fourth-order valence-corrected chi connectivity index (χ4v) is 2.52. The molecule has 3 aromatic heterocycles. The first-order valence-corrected chi connectivity index (χ1v) is 7.14. The number of halogens is 2. The van der Waals surface area contributed by atoms with Crippen molar-refractivity contribution in [3.63, 3.8) is 0 Å². The van der Waals surface area contributed by atoms with Crippen LogP contribution in [0.4, 0.5) is 0 Å². The van der Waals surface area contributed by atoms with Crippen molar-refractivity contribution in [1.82, 2.24) is 14.5 Å². The van der Waals surface area contributed by atoms with E-state index in [4.69, 9.17) is 27.6 Å². The van der Waals surface area contributed by atoms with Gasteiger partial charge in [0.25, 0.3) is 0 Å². The van der Waals surface area contributed by atoms with E-state index in [1.807, 2.05) is 23.6 Å². The van der Waals surface area contributed by atoms with E-state index in [9.17, 15) is 0 Å². The van der Waals surface area contributed by atoms with Gasteiger partial charge in [-0.15, -0.1) is 11.6 Å². The van der Waals surface area contributed by atoms with E-state index in [0.29, 0.717) is 11.6 Å². The van der Waals surface area contributed by atoms with E-state index in [2.05, 4.69) is 9.97 Å². The summed E-state index contributed by atoms with van der Waals surface area (Å²) in [5.41, 5.74) is 1.56. The maximum absolute atomic E-state index is 6.21. The Kier molecular flexibility index (Phi) is 3.68. The molecule has 1 atom stereocenters. The molecule has 0 fully saturated rings. The van der Waals surface area contributed by atoms with Gasteiger partial charge in [0.2, 0.25) is 0 Å². The Morgan fingerprint density at radius 2 is 2.30 bits per heavy atom. The van der Waals surface area contributed by atoms with Gasteiger partial charge in [0, 0.05) is 19.2 Å². The lowest BCUT2D eigenvalue weighted by Crippen LogP contribution is -2.07. The first kappa shape index (κ1) is 13.5. The third-order valence-corrected chi connectivity index (χ3v) is 3.50. The van der Waals surface area contributed by atoms with Crippen molar-refractivity contribution >= 4 is 34.4 Å². The predicted molar refractivity (Wildman–Crippen MR) is 79.2 cm³/mol. The minimum absolute atomic E-state index is 0.195. The predicted octanol–water partition coefficient (Wildman–Crippen LogP) is 4.22. The van der Waals surface area contributed by atoms with Gasteiger partial charge in [-0.2, -0.15) is 0 Å². The number of nitrogens with zero attached hydrogens (tertiary/aromatic N) is 3. The Balaban J connectivity index is 2.00. The molecule has 0 aliphatic rings. The summed E-state index contributed by atoms with van der Waals surface area (Å²) in [6, 6.07) is 5.63. The van der Waals surface area contributed by atoms with Gasteiger partial charge in [-0.05, 0) is 25.1 Å². The summed E-state index contributed by atoms with van der Waals surface area (Å²) in [6.07, 6.45) is 4.06. The third-order valence-electron chi connectivity index (χ3n) is 3.10. The molecule has 4 nitrogen and oxygen atoms in total. The van der Waals surface area contributed by atoms with E-state index in [1.54, 1.807) is 18.5 Å². The van der Waals surface area contributed by atoms with Gasteiger partial charge in [0.1, 0.15) is 17.1 Å². The lowest BCUT2D eigenvalue weighted by Gasteiger charge is -2.08. The van der Waals surface area contributed by atoms with Gasteiger partial charge in [0.05, 0.1) is 16.7 Å². The summed E-state index contributed by atoms with van der Waals surface area (Å²) in [5, 5.41) is 0.376. The Hall–Kier alpha value is -1.52. The smallest absolute Gasteiger partial charge is 0.160 e. The maximum Gasteiger partial charge on any atom is 0.160 e. The van der Waals surface area contributed by atoms with Crippen molar-refractivity contribution in [3.05, 3.63) is 47.3 Å². The molecule has 0 aliphatic heterocycles. The highest BCUT2D eigenvalue weighted by molar-refractivity contribution is 6.31. The molecule has 0 spiro atoms. The first-order valence-electron chi connectivity index (χ1n) is 6.33. The highest BCUT2D eigenvalue weighted by Gasteiger charge is 2.16. The molecule has 0 aromatic carbocycles. The summed E-state index contributed by atoms with van der Waals surface area (Å²) in [6.45, 7) is 2.61. The lowest BCUT2D eigenvalue weighted by molar-refractivity contribution is 0.489. The monoisotopic (exact) mass is 309 g/mol. The Morgan fingerprint density at radius 1 is 1.45 bits per heavy atom. The van der Waals surface area contributed by atoms with Crippen LogP contribution in [0.3, 0.4) is 0 Å². The van der Waals surface area contributed by atoms with Crippen LogP contribution in [0.2, 0.25) is 5.02 Å². The summed E-state index contributed by atoms with van der Waals surface area (Å²) < 4.78 is 7.37. The van der Waals surface area contributed by atoms with Crippen molar-refractivity contribution in [3.8, 4) is 0 Å². The van der Waals surface area contributed by atoms with E-state index >= 15 is 0 Å². The molecule has 0 amide bonds. The SMILES string of the molecule is CC(Cl)c1nc2cc(Cl)cnc2n1CCc1ccco1. The highest BCUT2D eigenvalue weighted by Crippen LogP contribution is 2.25. The van der Waals surface area contributed by atoms with E-state index in [0.717, 1.165) is 29.2 Å². The Labute approximate surface area is 126 Å². The van der Waals surface area contributed by atoms with Crippen LogP contribution in [0.1, 0.15) is 23.9 Å². The lowest BCUT2D eigenvalue weighted by atomic mass is 10.3. The number of imidazole rings is 1. The van der Waals surface area contributed by atoms with Crippen LogP contribution in [-0.4, -0.2) is 14.5 Å². The zero-order valence-corrected chi connectivity index (χ0v) is 12.4. The topological polar surface area (TPSA) is 43.9 Å². The van der Waals surface area contributed by atoms with Crippen LogP contribution in [0.25, 0.3) is 11.2 Å². The fraction of sp³-hybridized carbons (Fsp3) is 0.286. The van der Waals surface area contributed by atoms with Crippen molar-refractivity contribution in [2.75, 3.05) is 0 Å². The molecule has 0 bridgehead atoms. The molecular weight excluding hydrogens is 297 g/mol. The van der Waals surface area contributed by atoms with Crippen LogP contribution < -0.4 is 0 Å². The van der Waals surface area contributed by atoms with Gasteiger partial charge in [0.15, 0.2) is 5.65 Å². The molecule has 0 radical (unpaired) electrons. The second kappa shape index (κ2) is 5.46. The molecule has 6 heteroatoms. The van der Waals surface area contributed by atoms with E-state index in [1.165, 1.54) is 0 Å². The highest BCUT2D eigenvalue weighted by atomic mass is 35.5. The second-order valence-corrected chi connectivity index (χ2v) is 5.65. The van der Waals surface area contributed by atoms with Crippen molar-refractivity contribution in [2.24, 2.45) is 0 Å². The van der Waals surface area contributed by atoms with Gasteiger partial charge in [-0.3, -0.25) is 0 Å². The van der Waals surface area contributed by atoms with Gasteiger partial charge >= 0.3 is 0 Å². The van der Waals surface area contributed by atoms with Crippen LogP contribution in [0.5, 0.6) is 0 Å². The minimum atomic E-state index is -0.195. The maximum atomic E-state index is 6.21. The molecule has 3 heterocycles. The van der Waals surface area contributed by atoms with Crippen LogP contribution in [0, 0.1) is 0 Å². The summed E-state index contributed by atoms with van der Waals surface area (Å²) in [4.78, 5) is 8.89. The van der Waals surface area contributed by atoms with Crippen LogP contribution >= 0.6 is 23.2 Å². The molecule has 0 N–H and O–H groups in total. The summed E-state index contributed by atoms with van der Waals surface area (Å²) in [5.74, 6) is 1.72. The summed E-state index contributed by atoms with van der Waals surface area (Å²) >= 11 is 12.2. The number of hydrogen-bond acceptors (Lipinski definition) is 3. The molecular formula is C14H13Cl2N3O.